The van der Waals surface area contributed by atoms with E-state index in [-0.39, 0.29) is 0 Å². The molecule has 0 spiro atoms. The number of methoxy groups -OCH3 is 1. The minimum Gasteiger partial charge on any atom is -0.496 e. The molecule has 0 bridgehead atoms. The normalized spacial score (nSPS) is 10.9. The number of carbonyl (C=O) groups is 1. The molecule has 0 unspecified atom stereocenters. The summed E-state index contributed by atoms with van der Waals surface area (Å²) in [7, 11) is 1.68. The lowest BCUT2D eigenvalue weighted by Gasteiger charge is -2.09. The minimum absolute atomic E-state index is 0.686. The van der Waals surface area contributed by atoms with Gasteiger partial charge in [0.25, 0.3) is 0 Å². The average Bonchev–Trinajstić information content (AvgIpc) is 2.94. The molecule has 1 aromatic carbocycles. The molecule has 3 heteroatoms. The maximum absolute atomic E-state index is 11.6. The topological polar surface area (TPSA) is 30.7 Å². The molecule has 2 aromatic heterocycles. The van der Waals surface area contributed by atoms with E-state index < -0.39 is 0 Å². The number of benzene rings is 1. The second-order valence-corrected chi connectivity index (χ2v) is 5.39. The van der Waals surface area contributed by atoms with Gasteiger partial charge in [0.05, 0.1) is 12.8 Å². The standard InChI is InChI=1S/C19H19NO2/c1-4-14-10-15(7-8-19(14)22-3)16-11-17-13(2)6-5-9-20(17)18(16)12-21/h5-12H,4H2,1-3H3. The first-order valence-electron chi connectivity index (χ1n) is 7.42. The number of carbonyl (C=O) groups excluding carboxylic acids is 1. The van der Waals surface area contributed by atoms with Crippen LogP contribution in [0.1, 0.15) is 28.5 Å². The Morgan fingerprint density at radius 3 is 2.73 bits per heavy atom. The second kappa shape index (κ2) is 5.68. The lowest BCUT2D eigenvalue weighted by Crippen LogP contribution is -1.94. The van der Waals surface area contributed by atoms with Crippen LogP contribution in [0.2, 0.25) is 0 Å². The number of hydrogen-bond donors (Lipinski definition) is 0. The first kappa shape index (κ1) is 14.4. The van der Waals surface area contributed by atoms with Crippen molar-refractivity contribution in [2.75, 3.05) is 7.11 Å². The van der Waals surface area contributed by atoms with Gasteiger partial charge in [-0.2, -0.15) is 0 Å². The first-order chi connectivity index (χ1) is 10.7. The summed E-state index contributed by atoms with van der Waals surface area (Å²) in [6.07, 6.45) is 3.75. The van der Waals surface area contributed by atoms with Gasteiger partial charge in [-0.05, 0) is 54.3 Å². The van der Waals surface area contributed by atoms with Crippen LogP contribution in [-0.2, 0) is 6.42 Å². The fraction of sp³-hybridized carbons (Fsp3) is 0.211. The predicted molar refractivity (Wildman–Crippen MR) is 88.9 cm³/mol. The SMILES string of the molecule is CCc1cc(-c2cc3c(C)cccn3c2C=O)ccc1OC. The Kier molecular flexibility index (Phi) is 3.72. The van der Waals surface area contributed by atoms with Gasteiger partial charge >= 0.3 is 0 Å². The van der Waals surface area contributed by atoms with Crippen LogP contribution < -0.4 is 4.74 Å². The summed E-state index contributed by atoms with van der Waals surface area (Å²) in [6, 6.07) is 12.2. The Hall–Kier alpha value is -2.55. The number of aryl methyl sites for hydroxylation is 2. The molecular weight excluding hydrogens is 274 g/mol. The number of rotatable bonds is 4. The summed E-state index contributed by atoms with van der Waals surface area (Å²) in [4.78, 5) is 11.6. The second-order valence-electron chi connectivity index (χ2n) is 5.39. The largest absolute Gasteiger partial charge is 0.496 e. The third kappa shape index (κ3) is 2.19. The van der Waals surface area contributed by atoms with Crippen LogP contribution in [0.3, 0.4) is 0 Å². The Labute approximate surface area is 130 Å². The van der Waals surface area contributed by atoms with Crippen molar-refractivity contribution >= 4 is 11.8 Å². The van der Waals surface area contributed by atoms with E-state index in [0.717, 1.165) is 46.2 Å². The molecule has 2 heterocycles. The Morgan fingerprint density at radius 1 is 1.23 bits per heavy atom. The maximum atomic E-state index is 11.6. The Balaban J connectivity index is 2.26. The molecule has 0 amide bonds. The predicted octanol–water partition coefficient (Wildman–Crippen LogP) is 4.30. The quantitative estimate of drug-likeness (QED) is 0.671. The average molecular weight is 293 g/mol. The monoisotopic (exact) mass is 293 g/mol. The van der Waals surface area contributed by atoms with Crippen LogP contribution in [0.4, 0.5) is 0 Å². The molecule has 3 aromatic rings. The highest BCUT2D eigenvalue weighted by molar-refractivity contribution is 5.90. The summed E-state index contributed by atoms with van der Waals surface area (Å²) in [5.74, 6) is 0.888. The highest BCUT2D eigenvalue weighted by atomic mass is 16.5. The van der Waals surface area contributed by atoms with E-state index >= 15 is 0 Å². The van der Waals surface area contributed by atoms with E-state index in [0.29, 0.717) is 5.69 Å². The molecule has 3 nitrogen and oxygen atoms in total. The van der Waals surface area contributed by atoms with E-state index in [9.17, 15) is 4.79 Å². The van der Waals surface area contributed by atoms with Gasteiger partial charge in [-0.3, -0.25) is 4.79 Å². The molecule has 0 fully saturated rings. The maximum Gasteiger partial charge on any atom is 0.167 e. The van der Waals surface area contributed by atoms with Crippen LogP contribution in [0.15, 0.2) is 42.6 Å². The smallest absolute Gasteiger partial charge is 0.167 e. The number of ether oxygens (including phenoxy) is 1. The van der Waals surface area contributed by atoms with E-state index in [1.807, 2.05) is 28.8 Å². The fourth-order valence-corrected chi connectivity index (χ4v) is 2.94. The highest BCUT2D eigenvalue weighted by Crippen LogP contribution is 2.31. The molecule has 3 rings (SSSR count). The summed E-state index contributed by atoms with van der Waals surface area (Å²) < 4.78 is 7.34. The van der Waals surface area contributed by atoms with Gasteiger partial charge in [-0.1, -0.05) is 19.1 Å². The van der Waals surface area contributed by atoms with Crippen molar-refractivity contribution in [2.45, 2.75) is 20.3 Å². The summed E-state index contributed by atoms with van der Waals surface area (Å²) in [6.45, 7) is 4.15. The Bertz CT molecular complexity index is 846. The van der Waals surface area contributed by atoms with Crippen molar-refractivity contribution < 1.29 is 9.53 Å². The lowest BCUT2D eigenvalue weighted by atomic mass is 10.0. The molecule has 0 atom stereocenters. The minimum atomic E-state index is 0.686. The third-order valence-corrected chi connectivity index (χ3v) is 4.15. The van der Waals surface area contributed by atoms with E-state index in [1.54, 1.807) is 7.11 Å². The van der Waals surface area contributed by atoms with Crippen LogP contribution in [0.25, 0.3) is 16.6 Å². The fourth-order valence-electron chi connectivity index (χ4n) is 2.94. The van der Waals surface area contributed by atoms with Crippen molar-refractivity contribution in [2.24, 2.45) is 0 Å². The molecule has 0 saturated heterocycles. The van der Waals surface area contributed by atoms with Crippen molar-refractivity contribution in [3.05, 3.63) is 59.4 Å². The summed E-state index contributed by atoms with van der Waals surface area (Å²) in [5.41, 5.74) is 6.05. The number of aldehydes is 1. The van der Waals surface area contributed by atoms with Crippen molar-refractivity contribution in [1.82, 2.24) is 4.40 Å². The summed E-state index contributed by atoms with van der Waals surface area (Å²) in [5, 5.41) is 0. The number of fused-ring (bicyclic) bond motifs is 1. The first-order valence-corrected chi connectivity index (χ1v) is 7.42. The zero-order valence-electron chi connectivity index (χ0n) is 13.1. The molecule has 0 aliphatic heterocycles. The van der Waals surface area contributed by atoms with E-state index in [4.69, 9.17) is 4.74 Å². The molecule has 0 saturated carbocycles. The van der Waals surface area contributed by atoms with Gasteiger partial charge in [0.1, 0.15) is 5.75 Å². The van der Waals surface area contributed by atoms with Crippen LogP contribution in [-0.4, -0.2) is 17.8 Å². The van der Waals surface area contributed by atoms with Crippen molar-refractivity contribution in [3.63, 3.8) is 0 Å². The van der Waals surface area contributed by atoms with Gasteiger partial charge in [-0.25, -0.2) is 0 Å². The molecule has 0 N–H and O–H groups in total. The molecule has 0 aliphatic rings. The number of aromatic nitrogens is 1. The summed E-state index contributed by atoms with van der Waals surface area (Å²) >= 11 is 0. The zero-order valence-corrected chi connectivity index (χ0v) is 13.1. The molecule has 0 radical (unpaired) electrons. The van der Waals surface area contributed by atoms with Gasteiger partial charge in [0.15, 0.2) is 6.29 Å². The Morgan fingerprint density at radius 2 is 2.05 bits per heavy atom. The van der Waals surface area contributed by atoms with Crippen molar-refractivity contribution in [1.29, 1.82) is 0 Å². The van der Waals surface area contributed by atoms with Crippen molar-refractivity contribution in [3.8, 4) is 16.9 Å². The third-order valence-electron chi connectivity index (χ3n) is 4.15. The van der Waals surface area contributed by atoms with E-state index in [2.05, 4.69) is 32.0 Å². The van der Waals surface area contributed by atoms with Crippen LogP contribution >= 0.6 is 0 Å². The zero-order chi connectivity index (χ0) is 15.7. The molecular formula is C19H19NO2. The molecule has 0 aliphatic carbocycles. The van der Waals surface area contributed by atoms with Gasteiger partial charge in [-0.15, -0.1) is 0 Å². The number of hydrogen-bond acceptors (Lipinski definition) is 2. The number of pyridine rings is 1. The van der Waals surface area contributed by atoms with Gasteiger partial charge in [0, 0.05) is 17.3 Å². The van der Waals surface area contributed by atoms with E-state index in [1.165, 1.54) is 0 Å². The number of nitrogens with zero attached hydrogens (tertiary/aromatic N) is 1. The molecule has 112 valence electrons. The van der Waals surface area contributed by atoms with Gasteiger partial charge < -0.3 is 9.14 Å². The highest BCUT2D eigenvalue weighted by Gasteiger charge is 2.14. The molecule has 22 heavy (non-hydrogen) atoms. The van der Waals surface area contributed by atoms with Crippen LogP contribution in [0, 0.1) is 6.92 Å². The van der Waals surface area contributed by atoms with Gasteiger partial charge in [0.2, 0.25) is 0 Å². The lowest BCUT2D eigenvalue weighted by molar-refractivity contribution is 0.111. The van der Waals surface area contributed by atoms with Crippen LogP contribution in [0.5, 0.6) is 5.75 Å².